The van der Waals surface area contributed by atoms with Gasteiger partial charge >= 0.3 is 11.8 Å². The van der Waals surface area contributed by atoms with Crippen molar-refractivity contribution in [2.24, 2.45) is 10.6 Å². The van der Waals surface area contributed by atoms with Gasteiger partial charge in [0.05, 0.1) is 4.92 Å². The van der Waals surface area contributed by atoms with Gasteiger partial charge in [-0.25, -0.2) is 4.79 Å². The Kier molecular flexibility index (Phi) is 7.17. The van der Waals surface area contributed by atoms with Crippen LogP contribution >= 0.6 is 11.6 Å². The van der Waals surface area contributed by atoms with Crippen molar-refractivity contribution in [3.8, 4) is 5.75 Å². The molecule has 2 aromatic carbocycles. The summed E-state index contributed by atoms with van der Waals surface area (Å²) >= 11 is 5.88. The minimum Gasteiger partial charge on any atom is -0.480 e. The summed E-state index contributed by atoms with van der Waals surface area (Å²) in [7, 11) is 0. The molecule has 154 valence electrons. The first-order valence-corrected chi connectivity index (χ1v) is 9.13. The molecule has 0 heterocycles. The number of aryl methyl sites for hydroxylation is 1. The van der Waals surface area contributed by atoms with Gasteiger partial charge in [0.25, 0.3) is 0 Å². The summed E-state index contributed by atoms with van der Waals surface area (Å²) < 4.78 is 5.61. The van der Waals surface area contributed by atoms with E-state index in [2.05, 4.69) is 10.5 Å². The van der Waals surface area contributed by atoms with E-state index in [4.69, 9.17) is 21.2 Å². The molecular weight excluding hydrogens is 398 g/mol. The van der Waals surface area contributed by atoms with Crippen molar-refractivity contribution in [1.82, 2.24) is 0 Å². The van der Waals surface area contributed by atoms with Crippen molar-refractivity contribution in [2.45, 2.75) is 27.7 Å². The Morgan fingerprint density at radius 3 is 2.59 bits per heavy atom. The molecule has 0 spiro atoms. The highest BCUT2D eigenvalue weighted by molar-refractivity contribution is 6.30. The summed E-state index contributed by atoms with van der Waals surface area (Å²) in [5, 5.41) is 18.1. The van der Waals surface area contributed by atoms with Crippen LogP contribution in [-0.4, -0.2) is 23.3 Å². The quantitative estimate of drug-likeness (QED) is 0.284. The largest absolute Gasteiger partial charge is 0.480 e. The first-order valence-electron chi connectivity index (χ1n) is 8.75. The Balaban J connectivity index is 2.10. The molecular formula is C20H22ClN3O5. The van der Waals surface area contributed by atoms with Crippen molar-refractivity contribution in [3.05, 3.63) is 63.2 Å². The number of ether oxygens (including phenoxy) is 1. The smallest absolute Gasteiger partial charge is 0.437 e. The monoisotopic (exact) mass is 419 g/mol. The molecule has 0 aliphatic heterocycles. The predicted octanol–water partition coefficient (Wildman–Crippen LogP) is 5.59. The number of hydrogen-bond donors (Lipinski definition) is 1. The second kappa shape index (κ2) is 9.38. The summed E-state index contributed by atoms with van der Waals surface area (Å²) in [6.45, 7) is 7.24. The number of nitrogens with one attached hydrogen (secondary N) is 1. The van der Waals surface area contributed by atoms with Crippen LogP contribution in [0.25, 0.3) is 0 Å². The Labute approximate surface area is 173 Å². The molecule has 0 atom stereocenters. The van der Waals surface area contributed by atoms with E-state index in [1.165, 1.54) is 12.1 Å². The summed E-state index contributed by atoms with van der Waals surface area (Å²) in [6, 6.07) is 11.3. The Hall–Kier alpha value is -3.13. The van der Waals surface area contributed by atoms with Gasteiger partial charge in [-0.1, -0.05) is 49.7 Å². The molecule has 2 aromatic rings. The van der Waals surface area contributed by atoms with Gasteiger partial charge in [0.1, 0.15) is 12.3 Å². The first kappa shape index (κ1) is 22.2. The van der Waals surface area contributed by atoms with Crippen LogP contribution in [-0.2, 0) is 4.84 Å². The highest BCUT2D eigenvalue weighted by atomic mass is 35.5. The third-order valence-electron chi connectivity index (χ3n) is 3.85. The molecule has 0 saturated carbocycles. The lowest BCUT2D eigenvalue weighted by Gasteiger charge is -2.20. The Morgan fingerprint density at radius 1 is 1.24 bits per heavy atom. The third-order valence-corrected chi connectivity index (χ3v) is 4.09. The number of amides is 1. The zero-order chi connectivity index (χ0) is 21.6. The van der Waals surface area contributed by atoms with E-state index in [1.807, 2.05) is 20.8 Å². The van der Waals surface area contributed by atoms with Gasteiger partial charge < -0.3 is 4.74 Å². The normalized spacial score (nSPS) is 11.7. The molecule has 0 aliphatic rings. The SMILES string of the molecule is Cc1ccc(OCC(=NOC(=O)Nc2cccc(Cl)c2)C(C)(C)C)c([N+](=O)[O-])c1. The van der Waals surface area contributed by atoms with E-state index >= 15 is 0 Å². The Morgan fingerprint density at radius 2 is 1.97 bits per heavy atom. The number of carbonyl (C=O) groups excluding carboxylic acids is 1. The fourth-order valence-corrected chi connectivity index (χ4v) is 2.41. The zero-order valence-electron chi connectivity index (χ0n) is 16.6. The fourth-order valence-electron chi connectivity index (χ4n) is 2.22. The van der Waals surface area contributed by atoms with E-state index in [9.17, 15) is 14.9 Å². The van der Waals surface area contributed by atoms with Crippen LogP contribution in [0.5, 0.6) is 5.75 Å². The number of nitro benzene ring substituents is 1. The number of carbonyl (C=O) groups is 1. The molecule has 0 fully saturated rings. The lowest BCUT2D eigenvalue weighted by Crippen LogP contribution is -2.28. The molecule has 0 radical (unpaired) electrons. The number of rotatable bonds is 6. The number of anilines is 1. The molecule has 0 aliphatic carbocycles. The van der Waals surface area contributed by atoms with Gasteiger partial charge in [0.15, 0.2) is 5.75 Å². The van der Waals surface area contributed by atoms with Crippen molar-refractivity contribution >= 4 is 34.8 Å². The number of nitro groups is 1. The summed E-state index contributed by atoms with van der Waals surface area (Å²) in [5.74, 6) is 0.112. The van der Waals surface area contributed by atoms with Crippen LogP contribution < -0.4 is 10.1 Å². The average Bonchev–Trinajstić information content (AvgIpc) is 2.61. The molecule has 0 aromatic heterocycles. The summed E-state index contributed by atoms with van der Waals surface area (Å²) in [6.07, 6.45) is -0.796. The number of nitrogens with zero attached hydrogens (tertiary/aromatic N) is 2. The van der Waals surface area contributed by atoms with E-state index in [-0.39, 0.29) is 18.0 Å². The summed E-state index contributed by atoms with van der Waals surface area (Å²) in [4.78, 5) is 27.7. The number of benzene rings is 2. The zero-order valence-corrected chi connectivity index (χ0v) is 17.3. The topological polar surface area (TPSA) is 103 Å². The third kappa shape index (κ3) is 6.76. The number of oxime groups is 1. The van der Waals surface area contributed by atoms with Gasteiger partial charge in [0, 0.05) is 22.2 Å². The van der Waals surface area contributed by atoms with Crippen LogP contribution in [0.1, 0.15) is 26.3 Å². The second-order valence-electron chi connectivity index (χ2n) is 7.32. The molecule has 1 amide bonds. The van der Waals surface area contributed by atoms with E-state index in [1.54, 1.807) is 37.3 Å². The van der Waals surface area contributed by atoms with E-state index < -0.39 is 16.4 Å². The van der Waals surface area contributed by atoms with Gasteiger partial charge in [-0.15, -0.1) is 0 Å². The highest BCUT2D eigenvalue weighted by Crippen LogP contribution is 2.28. The lowest BCUT2D eigenvalue weighted by molar-refractivity contribution is -0.385. The fraction of sp³-hybridized carbons (Fsp3) is 0.300. The van der Waals surface area contributed by atoms with Crippen LogP contribution in [0.2, 0.25) is 5.02 Å². The molecule has 2 rings (SSSR count). The van der Waals surface area contributed by atoms with Gasteiger partial charge in [-0.2, -0.15) is 0 Å². The van der Waals surface area contributed by atoms with Crippen LogP contribution in [0, 0.1) is 22.5 Å². The van der Waals surface area contributed by atoms with E-state index in [0.717, 1.165) is 5.56 Å². The van der Waals surface area contributed by atoms with Crippen LogP contribution in [0.15, 0.2) is 47.6 Å². The molecule has 29 heavy (non-hydrogen) atoms. The van der Waals surface area contributed by atoms with Crippen LogP contribution in [0.3, 0.4) is 0 Å². The summed E-state index contributed by atoms with van der Waals surface area (Å²) in [5.41, 5.74) is 0.957. The molecule has 8 nitrogen and oxygen atoms in total. The molecule has 9 heteroatoms. The number of hydrogen-bond acceptors (Lipinski definition) is 6. The van der Waals surface area contributed by atoms with Gasteiger partial charge in [0.2, 0.25) is 0 Å². The molecule has 0 unspecified atom stereocenters. The van der Waals surface area contributed by atoms with Gasteiger partial charge in [-0.05, 0) is 36.8 Å². The van der Waals surface area contributed by atoms with Crippen molar-refractivity contribution < 1.29 is 19.3 Å². The molecule has 1 N–H and O–H groups in total. The minimum absolute atomic E-state index is 0.0855. The van der Waals surface area contributed by atoms with Crippen LogP contribution in [0.4, 0.5) is 16.2 Å². The van der Waals surface area contributed by atoms with Gasteiger partial charge in [-0.3, -0.25) is 20.3 Å². The minimum atomic E-state index is -0.796. The van der Waals surface area contributed by atoms with Crippen molar-refractivity contribution in [3.63, 3.8) is 0 Å². The average molecular weight is 420 g/mol. The number of halogens is 1. The molecule has 0 saturated heterocycles. The van der Waals surface area contributed by atoms with Crippen molar-refractivity contribution in [1.29, 1.82) is 0 Å². The van der Waals surface area contributed by atoms with Crippen molar-refractivity contribution in [2.75, 3.05) is 11.9 Å². The highest BCUT2D eigenvalue weighted by Gasteiger charge is 2.23. The lowest BCUT2D eigenvalue weighted by atomic mass is 9.90. The maximum absolute atomic E-state index is 12.0. The second-order valence-corrected chi connectivity index (χ2v) is 7.76. The predicted molar refractivity (Wildman–Crippen MR) is 112 cm³/mol. The standard InChI is InChI=1S/C20H22ClN3O5/c1-13-8-9-17(16(10-13)24(26)27)28-12-18(20(2,3)4)23-29-19(25)22-15-7-5-6-14(21)11-15/h5-11H,12H2,1-4H3,(H,22,25). The van der Waals surface area contributed by atoms with E-state index in [0.29, 0.717) is 16.4 Å². The molecule has 0 bridgehead atoms. The maximum atomic E-state index is 12.0. The maximum Gasteiger partial charge on any atom is 0.437 e. The first-order chi connectivity index (χ1) is 13.6. The Bertz CT molecular complexity index is 938.